The summed E-state index contributed by atoms with van der Waals surface area (Å²) in [6.45, 7) is 3.14. The smallest absolute Gasteiger partial charge is 0.240 e. The van der Waals surface area contributed by atoms with Crippen molar-refractivity contribution in [3.05, 3.63) is 41.7 Å². The van der Waals surface area contributed by atoms with Crippen molar-refractivity contribution in [1.82, 2.24) is 24.6 Å². The van der Waals surface area contributed by atoms with Crippen LogP contribution < -0.4 is 4.72 Å². The van der Waals surface area contributed by atoms with Crippen LogP contribution in [0.4, 0.5) is 0 Å². The first-order chi connectivity index (χ1) is 12.1. The number of sulfonamides is 1. The fraction of sp³-hybridized carbons (Fsp3) is 0.500. The van der Waals surface area contributed by atoms with Gasteiger partial charge in [-0.05, 0) is 31.2 Å². The third kappa shape index (κ3) is 3.20. The Labute approximate surface area is 146 Å². The first-order valence-corrected chi connectivity index (χ1v) is 9.80. The fourth-order valence-electron chi connectivity index (χ4n) is 3.54. The van der Waals surface area contributed by atoms with E-state index in [4.69, 9.17) is 4.74 Å². The molecule has 2 aliphatic rings. The molecule has 1 aromatic heterocycles. The number of nitrogens with zero attached hydrogens (tertiary/aromatic N) is 4. The minimum absolute atomic E-state index is 0.184. The third-order valence-electron chi connectivity index (χ3n) is 4.92. The lowest BCUT2D eigenvalue weighted by Crippen LogP contribution is -2.47. The van der Waals surface area contributed by atoms with Crippen LogP contribution in [0.15, 0.2) is 35.4 Å². The Morgan fingerprint density at radius 1 is 1.32 bits per heavy atom. The molecule has 4 rings (SSSR count). The molecule has 8 nitrogen and oxygen atoms in total. The van der Waals surface area contributed by atoms with Gasteiger partial charge in [0.15, 0.2) is 0 Å². The van der Waals surface area contributed by atoms with E-state index in [2.05, 4.69) is 19.9 Å². The van der Waals surface area contributed by atoms with Gasteiger partial charge in [-0.25, -0.2) is 17.8 Å². The second-order valence-corrected chi connectivity index (χ2v) is 8.35. The Balaban J connectivity index is 1.46. The van der Waals surface area contributed by atoms with Gasteiger partial charge >= 0.3 is 0 Å². The van der Waals surface area contributed by atoms with Crippen molar-refractivity contribution in [3.8, 4) is 0 Å². The summed E-state index contributed by atoms with van der Waals surface area (Å²) in [5.41, 5.74) is 2.11. The molecule has 1 N–H and O–H groups in total. The van der Waals surface area contributed by atoms with Gasteiger partial charge in [0.25, 0.3) is 0 Å². The maximum atomic E-state index is 11.8. The lowest BCUT2D eigenvalue weighted by Gasteiger charge is -2.41. The summed E-state index contributed by atoms with van der Waals surface area (Å²) in [6.07, 6.45) is 2.90. The molecule has 1 saturated heterocycles. The minimum atomic E-state index is -3.39. The fourth-order valence-corrected chi connectivity index (χ4v) is 4.27. The van der Waals surface area contributed by atoms with Gasteiger partial charge in [0.05, 0.1) is 35.5 Å². The molecule has 0 saturated carbocycles. The summed E-state index contributed by atoms with van der Waals surface area (Å²) < 4.78 is 33.8. The number of hydrogen-bond donors (Lipinski definition) is 1. The van der Waals surface area contributed by atoms with Crippen LogP contribution >= 0.6 is 0 Å². The van der Waals surface area contributed by atoms with E-state index in [0.29, 0.717) is 6.61 Å². The third-order valence-corrected chi connectivity index (χ3v) is 6.35. The van der Waals surface area contributed by atoms with Gasteiger partial charge < -0.3 is 4.74 Å². The standard InChI is InChI=1S/C16H21N5O3S/c1-17-25(22,23)14-4-2-12(3-5-14)9-20-7-6-16-15(10-20)21-13(11-24-16)8-18-19-21/h2-5,8,15-17H,6-7,9-11H2,1H3/t15-,16-/m0/s1. The van der Waals surface area contributed by atoms with Gasteiger partial charge in [-0.15, -0.1) is 5.10 Å². The van der Waals surface area contributed by atoms with Crippen LogP contribution in [-0.2, 0) is 27.9 Å². The highest BCUT2D eigenvalue weighted by Crippen LogP contribution is 2.30. The van der Waals surface area contributed by atoms with Gasteiger partial charge in [-0.1, -0.05) is 17.3 Å². The Hall–Kier alpha value is -1.81. The zero-order chi connectivity index (χ0) is 17.4. The minimum Gasteiger partial charge on any atom is -0.370 e. The first kappa shape index (κ1) is 16.6. The molecular formula is C16H21N5O3S. The average Bonchev–Trinajstić information content (AvgIpc) is 3.11. The number of fused-ring (bicyclic) bond motifs is 3. The van der Waals surface area contributed by atoms with E-state index in [1.165, 1.54) is 7.05 Å². The Bertz CT molecular complexity index is 849. The number of aromatic nitrogens is 3. The summed E-state index contributed by atoms with van der Waals surface area (Å²) in [5.74, 6) is 0. The van der Waals surface area contributed by atoms with Crippen LogP contribution in [-0.4, -0.2) is 54.6 Å². The molecule has 2 aromatic rings. The average molecular weight is 363 g/mol. The van der Waals surface area contributed by atoms with Crippen molar-refractivity contribution >= 4 is 10.0 Å². The van der Waals surface area contributed by atoms with Crippen molar-refractivity contribution in [2.24, 2.45) is 0 Å². The lowest BCUT2D eigenvalue weighted by molar-refractivity contribution is -0.0669. The van der Waals surface area contributed by atoms with E-state index >= 15 is 0 Å². The molecule has 0 amide bonds. The number of benzene rings is 1. The number of ether oxygens (including phenoxy) is 1. The zero-order valence-electron chi connectivity index (χ0n) is 14.0. The number of rotatable bonds is 4. The van der Waals surface area contributed by atoms with E-state index < -0.39 is 10.0 Å². The maximum Gasteiger partial charge on any atom is 0.240 e. The van der Waals surface area contributed by atoms with E-state index in [-0.39, 0.29) is 17.0 Å². The molecule has 0 spiro atoms. The maximum absolute atomic E-state index is 11.8. The molecule has 2 atom stereocenters. The highest BCUT2D eigenvalue weighted by molar-refractivity contribution is 7.89. The van der Waals surface area contributed by atoms with Crippen LogP contribution in [0.5, 0.6) is 0 Å². The van der Waals surface area contributed by atoms with Crippen molar-refractivity contribution in [1.29, 1.82) is 0 Å². The summed E-state index contributed by atoms with van der Waals surface area (Å²) in [4.78, 5) is 2.63. The summed E-state index contributed by atoms with van der Waals surface area (Å²) >= 11 is 0. The van der Waals surface area contributed by atoms with Gasteiger partial charge in [0.1, 0.15) is 0 Å². The van der Waals surface area contributed by atoms with Gasteiger partial charge in [-0.2, -0.15) is 0 Å². The Morgan fingerprint density at radius 2 is 2.12 bits per heavy atom. The molecule has 3 heterocycles. The molecule has 0 radical (unpaired) electrons. The second kappa shape index (κ2) is 6.49. The van der Waals surface area contributed by atoms with Crippen molar-refractivity contribution in [2.45, 2.75) is 36.6 Å². The largest absolute Gasteiger partial charge is 0.370 e. The van der Waals surface area contributed by atoms with Crippen molar-refractivity contribution in [2.75, 3.05) is 20.1 Å². The molecule has 0 bridgehead atoms. The summed E-state index contributed by atoms with van der Waals surface area (Å²) in [5, 5.41) is 8.21. The first-order valence-electron chi connectivity index (χ1n) is 8.32. The molecular weight excluding hydrogens is 342 g/mol. The molecule has 1 aromatic carbocycles. The number of hydrogen-bond acceptors (Lipinski definition) is 6. The zero-order valence-corrected chi connectivity index (χ0v) is 14.8. The molecule has 134 valence electrons. The van der Waals surface area contributed by atoms with E-state index in [9.17, 15) is 8.42 Å². The molecule has 25 heavy (non-hydrogen) atoms. The molecule has 9 heteroatoms. The van der Waals surface area contributed by atoms with Crippen molar-refractivity contribution < 1.29 is 13.2 Å². The van der Waals surface area contributed by atoms with Gasteiger partial charge in [0, 0.05) is 19.6 Å². The molecule has 0 unspecified atom stereocenters. The van der Waals surface area contributed by atoms with Crippen LogP contribution in [0.2, 0.25) is 0 Å². The molecule has 0 aliphatic carbocycles. The highest BCUT2D eigenvalue weighted by Gasteiger charge is 2.36. The van der Waals surface area contributed by atoms with Crippen molar-refractivity contribution in [3.63, 3.8) is 0 Å². The van der Waals surface area contributed by atoms with Crippen LogP contribution in [0.25, 0.3) is 0 Å². The SMILES string of the molecule is CNS(=O)(=O)c1ccc(CN2CC[C@@H]3OCc4cnnn4[C@H]3C2)cc1. The number of likely N-dealkylation sites (tertiary alicyclic amines) is 1. The predicted molar refractivity (Wildman–Crippen MR) is 90.2 cm³/mol. The van der Waals surface area contributed by atoms with E-state index in [1.807, 2.05) is 16.8 Å². The monoisotopic (exact) mass is 363 g/mol. The topological polar surface area (TPSA) is 89.3 Å². The van der Waals surface area contributed by atoms with E-state index in [0.717, 1.165) is 37.3 Å². The predicted octanol–water partition coefficient (Wildman–Crippen LogP) is 0.532. The lowest BCUT2D eigenvalue weighted by atomic mass is 10.00. The van der Waals surface area contributed by atoms with E-state index in [1.54, 1.807) is 18.3 Å². The van der Waals surface area contributed by atoms with Crippen LogP contribution in [0, 0.1) is 0 Å². The molecule has 2 aliphatic heterocycles. The Morgan fingerprint density at radius 3 is 2.88 bits per heavy atom. The summed E-state index contributed by atoms with van der Waals surface area (Å²) in [6, 6.07) is 7.22. The van der Waals surface area contributed by atoms with Gasteiger partial charge in [-0.3, -0.25) is 4.90 Å². The van der Waals surface area contributed by atoms with Gasteiger partial charge in [0.2, 0.25) is 10.0 Å². The number of nitrogens with one attached hydrogen (secondary N) is 1. The highest BCUT2D eigenvalue weighted by atomic mass is 32.2. The Kier molecular flexibility index (Phi) is 4.32. The normalized spacial score (nSPS) is 23.9. The van der Waals surface area contributed by atoms with Crippen LogP contribution in [0.1, 0.15) is 23.7 Å². The molecule has 1 fully saturated rings. The summed E-state index contributed by atoms with van der Waals surface area (Å²) in [7, 11) is -1.97. The van der Waals surface area contributed by atoms with Crippen LogP contribution in [0.3, 0.4) is 0 Å². The second-order valence-electron chi connectivity index (χ2n) is 6.46. The quantitative estimate of drug-likeness (QED) is 0.852. The number of piperidine rings is 1.